The van der Waals surface area contributed by atoms with Crippen LogP contribution in [0.25, 0.3) is 0 Å². The largest absolute Gasteiger partial charge is 0.383 e. The molecule has 15 heavy (non-hydrogen) atoms. The normalized spacial score (nSPS) is 14.4. The summed E-state index contributed by atoms with van der Waals surface area (Å²) < 4.78 is 0. The molecule has 0 bridgehead atoms. The van der Waals surface area contributed by atoms with E-state index >= 15 is 0 Å². The van der Waals surface area contributed by atoms with Gasteiger partial charge in [0.1, 0.15) is 12.5 Å². The molecule has 0 unspecified atom stereocenters. The predicted molar refractivity (Wildman–Crippen MR) is 64.2 cm³/mol. The average molecular weight is 201 g/mol. The molecule has 0 saturated heterocycles. The molecule has 0 spiro atoms. The molecule has 3 nitrogen and oxygen atoms in total. The van der Waals surface area contributed by atoms with Crippen LogP contribution in [0.3, 0.4) is 0 Å². The summed E-state index contributed by atoms with van der Waals surface area (Å²) in [6.07, 6.45) is 2.88. The highest BCUT2D eigenvalue weighted by molar-refractivity contribution is 6.03. The Balaban J connectivity index is 2.29. The number of hydrogen-bond donors (Lipinski definition) is 1. The van der Waals surface area contributed by atoms with Gasteiger partial charge >= 0.3 is 0 Å². The monoisotopic (exact) mass is 201 g/mol. The van der Waals surface area contributed by atoms with Crippen LogP contribution >= 0.6 is 0 Å². The second-order valence-electron chi connectivity index (χ2n) is 3.54. The van der Waals surface area contributed by atoms with E-state index in [0.717, 1.165) is 18.5 Å². The van der Waals surface area contributed by atoms with Crippen molar-refractivity contribution in [2.75, 3.05) is 18.1 Å². The lowest BCUT2D eigenvalue weighted by molar-refractivity contribution is 0.795. The minimum absolute atomic E-state index is 0.639. The van der Waals surface area contributed by atoms with Gasteiger partial charge in [0.2, 0.25) is 0 Å². The minimum Gasteiger partial charge on any atom is -0.383 e. The fourth-order valence-corrected chi connectivity index (χ4v) is 1.73. The van der Waals surface area contributed by atoms with E-state index in [4.69, 9.17) is 5.73 Å². The smallest absolute Gasteiger partial charge is 0.129 e. The number of nitrogens with two attached hydrogens (primary N) is 1. The summed E-state index contributed by atoms with van der Waals surface area (Å²) in [5, 5.41) is 0. The van der Waals surface area contributed by atoms with E-state index in [9.17, 15) is 0 Å². The number of aliphatic imine (C=N–C) groups is 1. The molecule has 1 aliphatic heterocycles. The maximum atomic E-state index is 5.84. The number of amidine groups is 1. The summed E-state index contributed by atoms with van der Waals surface area (Å²) >= 11 is 0. The minimum atomic E-state index is 0.639. The first kappa shape index (κ1) is 9.77. The van der Waals surface area contributed by atoms with Crippen LogP contribution in [0.1, 0.15) is 12.0 Å². The van der Waals surface area contributed by atoms with Gasteiger partial charge in [0.15, 0.2) is 0 Å². The molecule has 2 rings (SSSR count). The Morgan fingerprint density at radius 2 is 2.27 bits per heavy atom. The van der Waals surface area contributed by atoms with E-state index in [1.165, 1.54) is 5.69 Å². The maximum absolute atomic E-state index is 5.84. The van der Waals surface area contributed by atoms with E-state index in [0.29, 0.717) is 12.5 Å². The highest BCUT2D eigenvalue weighted by atomic mass is 15.2. The highest BCUT2D eigenvalue weighted by Crippen LogP contribution is 2.23. The van der Waals surface area contributed by atoms with Crippen molar-refractivity contribution >= 4 is 11.5 Å². The van der Waals surface area contributed by atoms with Crippen LogP contribution < -0.4 is 10.6 Å². The van der Waals surface area contributed by atoms with Gasteiger partial charge in [-0.2, -0.15) is 0 Å². The first-order valence-electron chi connectivity index (χ1n) is 5.08. The lowest BCUT2D eigenvalue weighted by Crippen LogP contribution is -2.33. The van der Waals surface area contributed by atoms with E-state index in [1.54, 1.807) is 0 Å². The van der Waals surface area contributed by atoms with E-state index in [2.05, 4.69) is 22.5 Å². The van der Waals surface area contributed by atoms with Crippen molar-refractivity contribution < 1.29 is 0 Å². The molecule has 1 heterocycles. The van der Waals surface area contributed by atoms with Crippen molar-refractivity contribution in [1.29, 1.82) is 0 Å². The van der Waals surface area contributed by atoms with Crippen molar-refractivity contribution in [3.8, 4) is 0 Å². The zero-order valence-electron chi connectivity index (χ0n) is 8.69. The van der Waals surface area contributed by atoms with E-state index < -0.39 is 0 Å². The number of nitrogens with zero attached hydrogens (tertiary/aromatic N) is 2. The molecule has 1 aliphatic rings. The van der Waals surface area contributed by atoms with E-state index in [1.807, 2.05) is 24.3 Å². The van der Waals surface area contributed by atoms with Gasteiger partial charge in [0, 0.05) is 17.8 Å². The summed E-state index contributed by atoms with van der Waals surface area (Å²) in [4.78, 5) is 6.51. The molecule has 1 aromatic carbocycles. The summed E-state index contributed by atoms with van der Waals surface area (Å²) in [6.45, 7) is 5.32. The third-order valence-corrected chi connectivity index (χ3v) is 2.54. The van der Waals surface area contributed by atoms with Crippen LogP contribution in [0.5, 0.6) is 0 Å². The number of para-hydroxylation sites is 1. The van der Waals surface area contributed by atoms with Gasteiger partial charge in [-0.3, -0.25) is 0 Å². The van der Waals surface area contributed by atoms with Crippen LogP contribution in [0, 0.1) is 0 Å². The molecule has 3 heteroatoms. The molecule has 78 valence electrons. The van der Waals surface area contributed by atoms with Gasteiger partial charge in [-0.05, 0) is 18.6 Å². The van der Waals surface area contributed by atoms with E-state index in [-0.39, 0.29) is 0 Å². The summed E-state index contributed by atoms with van der Waals surface area (Å²) in [6, 6.07) is 8.10. The predicted octanol–water partition coefficient (Wildman–Crippen LogP) is 1.75. The Morgan fingerprint density at radius 3 is 3.07 bits per heavy atom. The zero-order valence-corrected chi connectivity index (χ0v) is 8.69. The summed E-state index contributed by atoms with van der Waals surface area (Å²) in [5.41, 5.74) is 8.05. The van der Waals surface area contributed by atoms with Crippen LogP contribution in [0.15, 0.2) is 41.9 Å². The van der Waals surface area contributed by atoms with Crippen molar-refractivity contribution in [3.63, 3.8) is 0 Å². The quantitative estimate of drug-likeness (QED) is 0.757. The van der Waals surface area contributed by atoms with Gasteiger partial charge in [-0.15, -0.1) is 6.58 Å². The summed E-state index contributed by atoms with van der Waals surface area (Å²) in [7, 11) is 0. The molecule has 0 fully saturated rings. The van der Waals surface area contributed by atoms with Gasteiger partial charge in [0.05, 0.1) is 0 Å². The van der Waals surface area contributed by atoms with Crippen molar-refractivity contribution in [1.82, 2.24) is 0 Å². The number of fused-ring (bicyclic) bond motifs is 1. The number of hydrogen-bond acceptors (Lipinski definition) is 3. The van der Waals surface area contributed by atoms with Crippen LogP contribution in [-0.4, -0.2) is 19.0 Å². The third kappa shape index (κ3) is 1.86. The third-order valence-electron chi connectivity index (χ3n) is 2.54. The number of rotatable bonds is 3. The molecule has 2 N–H and O–H groups in total. The fourth-order valence-electron chi connectivity index (χ4n) is 1.73. The Bertz CT molecular complexity index is 396. The Kier molecular flexibility index (Phi) is 2.72. The van der Waals surface area contributed by atoms with Gasteiger partial charge in [-0.1, -0.05) is 18.2 Å². The van der Waals surface area contributed by atoms with Gasteiger partial charge < -0.3 is 10.6 Å². The summed E-state index contributed by atoms with van der Waals surface area (Å²) in [5.74, 6) is 0.639. The number of benzene rings is 1. The molecular formula is C12H15N3. The van der Waals surface area contributed by atoms with Crippen LogP contribution in [-0.2, 0) is 0 Å². The lowest BCUT2D eigenvalue weighted by atomic mass is 10.1. The highest BCUT2D eigenvalue weighted by Gasteiger charge is 2.16. The fraction of sp³-hybridized carbons (Fsp3) is 0.250. The van der Waals surface area contributed by atoms with Crippen molar-refractivity contribution in [3.05, 3.63) is 42.5 Å². The van der Waals surface area contributed by atoms with Crippen LogP contribution in [0.2, 0.25) is 0 Å². The first-order valence-corrected chi connectivity index (χ1v) is 5.08. The molecule has 0 aliphatic carbocycles. The second-order valence-corrected chi connectivity index (χ2v) is 3.54. The van der Waals surface area contributed by atoms with Gasteiger partial charge in [-0.25, -0.2) is 4.99 Å². The zero-order chi connectivity index (χ0) is 10.7. The molecule has 0 saturated carbocycles. The Labute approximate surface area is 89.9 Å². The molecular weight excluding hydrogens is 186 g/mol. The molecule has 0 radical (unpaired) electrons. The Morgan fingerprint density at radius 1 is 1.47 bits per heavy atom. The van der Waals surface area contributed by atoms with Crippen molar-refractivity contribution in [2.24, 2.45) is 10.7 Å². The maximum Gasteiger partial charge on any atom is 0.129 e. The first-order chi connectivity index (χ1) is 7.33. The molecule has 0 atom stereocenters. The SMILES string of the molecule is C=CCCN1CN=C(N)c2ccccc21. The Hall–Kier alpha value is -1.77. The molecule has 1 aromatic rings. The standard InChI is InChI=1S/C12H15N3/c1-2-3-8-15-9-14-12(13)10-6-4-5-7-11(10)15/h2,4-7H,1,3,8-9H2,(H2,13,14). The van der Waals surface area contributed by atoms with Crippen molar-refractivity contribution in [2.45, 2.75) is 6.42 Å². The molecule has 0 amide bonds. The topological polar surface area (TPSA) is 41.6 Å². The number of anilines is 1. The van der Waals surface area contributed by atoms with Crippen LogP contribution in [0.4, 0.5) is 5.69 Å². The second kappa shape index (κ2) is 4.17. The average Bonchev–Trinajstić information content (AvgIpc) is 2.29. The lowest BCUT2D eigenvalue weighted by Gasteiger charge is -2.28. The molecule has 0 aromatic heterocycles. The van der Waals surface area contributed by atoms with Gasteiger partial charge in [0.25, 0.3) is 0 Å².